The molecule has 1 amide bonds. The number of nitro groups is 2. The molecule has 3 aromatic heterocycles. The van der Waals surface area contributed by atoms with Crippen LogP contribution in [0.4, 0.5) is 0 Å². The van der Waals surface area contributed by atoms with E-state index in [2.05, 4.69) is 35.2 Å². The molecule has 398 valence electrons. The Morgan fingerprint density at radius 1 is 0.603 bits per heavy atom. The standard InChI is InChI=1S/C19H18N2O6S.C15H11NO4S.C10H7NO5.C9H10NOS.Li/c1-19(2)8-25-18(20-19)17-10(3-4-28-17)16-11-5-14-15(27-9-26-14)6-13(11)24-7-12(16)21(22)23;17-15-14-7(1-2-21-14)13-8-3-11-12(20-6-19-11)4-10(8)18-5-9(13)16-15;12-11(13)7-1-6-2-9-10(16-5-15-9)3-8(6)14-4-7;1-9(2)6-11-8(10-9)7-4-3-5-12-7;/h3-6,12,16H,7-9H2,1-2H3;1-4,9,13H,5-6H2,(H,16,17);1-3H,4-5H2;3,5H,6H2,1-2H3;/q;;;-1;+1/t12-,16-;9-,13-;;;/m11.../s1. The maximum Gasteiger partial charge on any atom is 1.00 e. The predicted molar refractivity (Wildman–Crippen MR) is 280 cm³/mol. The molecule has 6 aromatic rings. The molecule has 9 aliphatic rings. The number of rotatable bonds is 5. The number of benzene rings is 3. The zero-order valence-electron chi connectivity index (χ0n) is 42.5. The summed E-state index contributed by atoms with van der Waals surface area (Å²) in [5, 5.41) is 31.4. The molecular formula is C53H46LiN5O16S3. The largest absolute Gasteiger partial charge is 1.00 e. The summed E-state index contributed by atoms with van der Waals surface area (Å²) >= 11 is 4.57. The van der Waals surface area contributed by atoms with E-state index in [0.717, 1.165) is 60.0 Å². The Kier molecular flexibility index (Phi) is 14.2. The number of fused-ring (bicyclic) bond motifs is 10. The predicted octanol–water partition coefficient (Wildman–Crippen LogP) is 5.85. The van der Waals surface area contributed by atoms with Gasteiger partial charge < -0.3 is 62.4 Å². The third-order valence-electron chi connectivity index (χ3n) is 13.4. The smallest absolute Gasteiger partial charge is 0.530 e. The van der Waals surface area contributed by atoms with E-state index in [4.69, 9.17) is 52.1 Å². The van der Waals surface area contributed by atoms with Crippen LogP contribution in [-0.4, -0.2) is 104 Å². The fourth-order valence-corrected chi connectivity index (χ4v) is 12.1. The number of ether oxygens (including phenoxy) is 11. The van der Waals surface area contributed by atoms with Crippen molar-refractivity contribution in [1.29, 1.82) is 0 Å². The summed E-state index contributed by atoms with van der Waals surface area (Å²) in [5.41, 5.74) is 3.98. The quantitative estimate of drug-likeness (QED) is 0.0922. The molecule has 12 heterocycles. The molecule has 78 heavy (non-hydrogen) atoms. The topological polar surface area (TPSA) is 242 Å². The molecule has 4 atom stereocenters. The Hall–Kier alpha value is -7.49. The number of carbonyl (C=O) groups excluding carboxylic acids is 1. The van der Waals surface area contributed by atoms with Crippen LogP contribution in [0, 0.1) is 26.3 Å². The van der Waals surface area contributed by atoms with Gasteiger partial charge in [0.15, 0.2) is 47.7 Å². The normalized spacial score (nSPS) is 21.7. The van der Waals surface area contributed by atoms with Gasteiger partial charge >= 0.3 is 18.9 Å². The first-order chi connectivity index (χ1) is 37.1. The van der Waals surface area contributed by atoms with Gasteiger partial charge in [-0.2, -0.15) is 12.1 Å². The second kappa shape index (κ2) is 21.0. The van der Waals surface area contributed by atoms with Crippen LogP contribution in [0.15, 0.2) is 86.4 Å². The van der Waals surface area contributed by atoms with Crippen LogP contribution in [0.5, 0.6) is 51.7 Å². The number of amides is 1. The van der Waals surface area contributed by atoms with Gasteiger partial charge in [0.25, 0.3) is 17.6 Å². The van der Waals surface area contributed by atoms with E-state index in [1.807, 2.05) is 60.3 Å². The van der Waals surface area contributed by atoms with E-state index in [1.165, 1.54) is 28.7 Å². The molecule has 0 radical (unpaired) electrons. The molecule has 15 rings (SSSR count). The first kappa shape index (κ1) is 52.6. The van der Waals surface area contributed by atoms with Crippen LogP contribution in [-0.2, 0) is 9.47 Å². The summed E-state index contributed by atoms with van der Waals surface area (Å²) in [5.74, 6) is 6.70. The first-order valence-electron chi connectivity index (χ1n) is 24.2. The van der Waals surface area contributed by atoms with Gasteiger partial charge in [0.1, 0.15) is 36.4 Å². The minimum Gasteiger partial charge on any atom is -0.530 e. The van der Waals surface area contributed by atoms with E-state index in [0.29, 0.717) is 65.8 Å². The third-order valence-corrected chi connectivity index (χ3v) is 16.0. The molecule has 0 saturated heterocycles. The average molecular weight is 1110 g/mol. The first-order valence-corrected chi connectivity index (χ1v) is 26.8. The van der Waals surface area contributed by atoms with Crippen LogP contribution >= 0.6 is 34.0 Å². The zero-order valence-corrected chi connectivity index (χ0v) is 45.0. The van der Waals surface area contributed by atoms with Crippen LogP contribution in [0.25, 0.3) is 6.08 Å². The molecule has 0 fully saturated rings. The van der Waals surface area contributed by atoms with Gasteiger partial charge in [0.2, 0.25) is 26.3 Å². The van der Waals surface area contributed by atoms with E-state index < -0.39 is 16.9 Å². The van der Waals surface area contributed by atoms with Crippen molar-refractivity contribution in [3.8, 4) is 51.7 Å². The molecule has 3 aromatic carbocycles. The summed E-state index contributed by atoms with van der Waals surface area (Å²) in [7, 11) is 0. The number of nitrogens with one attached hydrogen (secondary N) is 1. The Morgan fingerprint density at radius 2 is 1.14 bits per heavy atom. The molecule has 9 aliphatic heterocycles. The fourth-order valence-electron chi connectivity index (χ4n) is 9.79. The van der Waals surface area contributed by atoms with Crippen molar-refractivity contribution in [2.45, 2.75) is 62.7 Å². The number of aliphatic imine (C=N–C) groups is 2. The Morgan fingerprint density at radius 3 is 1.71 bits per heavy atom. The molecule has 0 saturated carbocycles. The van der Waals surface area contributed by atoms with Crippen molar-refractivity contribution in [3.05, 3.63) is 145 Å². The van der Waals surface area contributed by atoms with Crippen molar-refractivity contribution in [2.75, 3.05) is 53.4 Å². The van der Waals surface area contributed by atoms with Gasteiger partial charge in [-0.25, -0.2) is 16.3 Å². The summed E-state index contributed by atoms with van der Waals surface area (Å²) in [6, 6.07) is 18.7. The summed E-state index contributed by atoms with van der Waals surface area (Å²) in [6.07, 6.45) is 1.49. The molecule has 21 nitrogen and oxygen atoms in total. The van der Waals surface area contributed by atoms with Crippen molar-refractivity contribution in [3.63, 3.8) is 0 Å². The van der Waals surface area contributed by atoms with Crippen LogP contribution < -0.4 is 66.8 Å². The molecule has 0 unspecified atom stereocenters. The van der Waals surface area contributed by atoms with Crippen molar-refractivity contribution in [1.82, 2.24) is 5.32 Å². The minimum absolute atomic E-state index is 0. The third kappa shape index (κ3) is 10.3. The van der Waals surface area contributed by atoms with E-state index >= 15 is 0 Å². The van der Waals surface area contributed by atoms with Crippen molar-refractivity contribution in [2.24, 2.45) is 9.98 Å². The van der Waals surface area contributed by atoms with Gasteiger partial charge in [-0.3, -0.25) is 25.0 Å². The second-order valence-electron chi connectivity index (χ2n) is 19.8. The van der Waals surface area contributed by atoms with Crippen molar-refractivity contribution >= 4 is 57.8 Å². The second-order valence-corrected chi connectivity index (χ2v) is 22.5. The van der Waals surface area contributed by atoms with Gasteiger partial charge in [-0.05, 0) is 84.8 Å². The Bertz CT molecular complexity index is 3450. The molecule has 0 aliphatic carbocycles. The maximum atomic E-state index is 12.1. The van der Waals surface area contributed by atoms with Gasteiger partial charge in [0.05, 0.1) is 44.3 Å². The molecule has 1 N–H and O–H groups in total. The molecule has 0 bridgehead atoms. The summed E-state index contributed by atoms with van der Waals surface area (Å²) < 4.78 is 60.2. The molecule has 25 heteroatoms. The maximum absolute atomic E-state index is 12.1. The fraction of sp³-hybridized carbons (Fsp3) is 0.340. The average Bonchev–Trinajstić information content (AvgIpc) is 4.43. The number of carbonyl (C=O) groups is 1. The molecular weight excluding hydrogens is 1070 g/mol. The van der Waals surface area contributed by atoms with E-state index in [1.54, 1.807) is 35.6 Å². The number of nitrogens with zero attached hydrogens (tertiary/aromatic N) is 4. The van der Waals surface area contributed by atoms with E-state index in [9.17, 15) is 25.0 Å². The molecule has 0 spiro atoms. The van der Waals surface area contributed by atoms with Gasteiger partial charge in [-0.1, -0.05) is 0 Å². The van der Waals surface area contributed by atoms with Crippen LogP contribution in [0.3, 0.4) is 0 Å². The van der Waals surface area contributed by atoms with Crippen molar-refractivity contribution < 1.29 is 85.6 Å². The number of hydrogen-bond donors (Lipinski definition) is 1. The summed E-state index contributed by atoms with van der Waals surface area (Å²) in [4.78, 5) is 45.5. The van der Waals surface area contributed by atoms with Gasteiger partial charge in [-0.15, -0.1) is 28.1 Å². The number of thiophene rings is 3. The minimum atomic E-state index is -0.920. The van der Waals surface area contributed by atoms with Crippen LogP contribution in [0.1, 0.15) is 86.8 Å². The van der Waals surface area contributed by atoms with Gasteiger partial charge in [0, 0.05) is 51.8 Å². The van der Waals surface area contributed by atoms with E-state index in [-0.39, 0.29) is 92.0 Å². The summed E-state index contributed by atoms with van der Waals surface area (Å²) in [6.45, 7) is 10.3. The number of hydrogen-bond acceptors (Lipinski definition) is 21. The zero-order chi connectivity index (χ0) is 53.2. The monoisotopic (exact) mass is 1110 g/mol. The Labute approximate surface area is 469 Å². The SMILES string of the molecule is CC1(C)COC(c2[c-]ccs2)=N1.CC1(C)COC(c2sccc2[C@@H]2c3cc4c(cc3OC[C@H]2[N+](=O)[O-])OCO4)=N1.O=C1N[C@@H]2COc3cc4c(cc3[C@H]2c2ccsc21)OCO4.O=[N+]([O-])C1=Cc2cc3c(cc2OC1)OCO3.[Li+]. The Balaban J connectivity index is 0.000000115. The van der Waals surface area contributed by atoms with Crippen LogP contribution in [0.2, 0.25) is 0 Å².